The predicted molar refractivity (Wildman–Crippen MR) is 87.1 cm³/mol. The number of nitrogens with one attached hydrogen (secondary N) is 2. The number of rotatable bonds is 6. The van der Waals surface area contributed by atoms with E-state index in [-0.39, 0.29) is 4.90 Å². The number of primary sulfonamides is 1. The summed E-state index contributed by atoms with van der Waals surface area (Å²) >= 11 is 0. The lowest BCUT2D eigenvalue weighted by Crippen LogP contribution is -2.17. The normalized spacial score (nSPS) is 11.9. The molecule has 3 rings (SSSR count). The third-order valence-corrected chi connectivity index (χ3v) is 4.48. The zero-order valence-corrected chi connectivity index (χ0v) is 13.2. The van der Waals surface area contributed by atoms with Crippen molar-refractivity contribution in [2.24, 2.45) is 5.14 Å². The van der Waals surface area contributed by atoms with Gasteiger partial charge < -0.3 is 5.32 Å². The van der Waals surface area contributed by atoms with Crippen molar-refractivity contribution in [2.45, 2.75) is 17.9 Å². The molecule has 0 radical (unpaired) electrons. The lowest BCUT2D eigenvalue weighted by molar-refractivity contribution is 0.597. The maximum absolute atomic E-state index is 11.2. The molecule has 8 heteroatoms. The molecule has 23 heavy (non-hydrogen) atoms. The van der Waals surface area contributed by atoms with Gasteiger partial charge in [0.05, 0.1) is 4.90 Å². The Kier molecular flexibility index (Phi) is 4.37. The first-order chi connectivity index (χ1) is 11.0. The molecule has 4 N–H and O–H groups in total. The van der Waals surface area contributed by atoms with Crippen LogP contribution < -0.4 is 10.5 Å². The molecule has 0 bridgehead atoms. The fourth-order valence-electron chi connectivity index (χ4n) is 2.31. The number of hydrogen-bond donors (Lipinski definition) is 3. The Balaban J connectivity index is 1.51. The van der Waals surface area contributed by atoms with Gasteiger partial charge in [0.25, 0.3) is 0 Å². The summed E-state index contributed by atoms with van der Waals surface area (Å²) in [4.78, 5) is 0.134. The van der Waals surface area contributed by atoms with Gasteiger partial charge in [-0.05, 0) is 48.4 Å². The number of H-pyrrole nitrogens is 1. The van der Waals surface area contributed by atoms with Crippen molar-refractivity contribution in [2.75, 3.05) is 6.54 Å². The van der Waals surface area contributed by atoms with Crippen molar-refractivity contribution in [3.05, 3.63) is 53.6 Å². The number of sulfonamides is 1. The van der Waals surface area contributed by atoms with Crippen LogP contribution in [0.15, 0.2) is 47.4 Å². The molecule has 120 valence electrons. The summed E-state index contributed by atoms with van der Waals surface area (Å²) in [5.74, 6) is 0. The summed E-state index contributed by atoms with van der Waals surface area (Å²) < 4.78 is 22.4. The van der Waals surface area contributed by atoms with Crippen LogP contribution in [-0.4, -0.2) is 30.4 Å². The average Bonchev–Trinajstić information content (AvgIpc) is 2.99. The smallest absolute Gasteiger partial charge is 0.238 e. The van der Waals surface area contributed by atoms with Crippen molar-refractivity contribution in [1.82, 2.24) is 20.7 Å². The van der Waals surface area contributed by atoms with Gasteiger partial charge in [0.2, 0.25) is 10.0 Å². The topological polar surface area (TPSA) is 114 Å². The lowest BCUT2D eigenvalue weighted by Gasteiger charge is -2.06. The van der Waals surface area contributed by atoms with Gasteiger partial charge in [-0.3, -0.25) is 0 Å². The van der Waals surface area contributed by atoms with Gasteiger partial charge in [-0.15, -0.1) is 0 Å². The number of benzene rings is 2. The molecule has 0 fully saturated rings. The van der Waals surface area contributed by atoms with Crippen LogP contribution in [0, 0.1) is 0 Å². The number of nitrogens with zero attached hydrogens (tertiary/aromatic N) is 2. The Bertz CT molecular complexity index is 903. The summed E-state index contributed by atoms with van der Waals surface area (Å²) in [5, 5.41) is 19.1. The third-order valence-electron chi connectivity index (χ3n) is 3.55. The fourth-order valence-corrected chi connectivity index (χ4v) is 2.82. The van der Waals surface area contributed by atoms with Crippen molar-refractivity contribution in [3.63, 3.8) is 0 Å². The van der Waals surface area contributed by atoms with Crippen LogP contribution in [0.1, 0.15) is 11.1 Å². The minimum Gasteiger partial charge on any atom is -0.312 e. The van der Waals surface area contributed by atoms with Crippen LogP contribution in [0.25, 0.3) is 11.0 Å². The molecule has 7 nitrogen and oxygen atoms in total. The van der Waals surface area contributed by atoms with E-state index in [2.05, 4.69) is 20.7 Å². The summed E-state index contributed by atoms with van der Waals surface area (Å²) in [6, 6.07) is 12.6. The molecule has 0 unspecified atom stereocenters. The summed E-state index contributed by atoms with van der Waals surface area (Å²) in [6.45, 7) is 1.52. The van der Waals surface area contributed by atoms with E-state index in [1.807, 2.05) is 18.2 Å². The first-order valence-corrected chi connectivity index (χ1v) is 8.69. The average molecular weight is 331 g/mol. The highest BCUT2D eigenvalue weighted by atomic mass is 32.2. The minimum atomic E-state index is -3.62. The van der Waals surface area contributed by atoms with Gasteiger partial charge in [0, 0.05) is 6.54 Å². The van der Waals surface area contributed by atoms with E-state index in [4.69, 9.17) is 5.14 Å². The van der Waals surface area contributed by atoms with E-state index in [1.165, 1.54) is 12.1 Å². The van der Waals surface area contributed by atoms with Gasteiger partial charge in [-0.2, -0.15) is 15.4 Å². The highest BCUT2D eigenvalue weighted by Gasteiger charge is 2.06. The Morgan fingerprint density at radius 2 is 1.70 bits per heavy atom. The molecule has 2 aromatic carbocycles. The summed E-state index contributed by atoms with van der Waals surface area (Å²) in [6.07, 6.45) is 0.803. The van der Waals surface area contributed by atoms with Crippen LogP contribution >= 0.6 is 0 Å². The first-order valence-electron chi connectivity index (χ1n) is 7.14. The molecule has 0 aliphatic carbocycles. The van der Waals surface area contributed by atoms with E-state index >= 15 is 0 Å². The maximum Gasteiger partial charge on any atom is 0.238 e. The molecule has 0 aliphatic heterocycles. The van der Waals surface area contributed by atoms with E-state index in [9.17, 15) is 8.42 Å². The lowest BCUT2D eigenvalue weighted by atomic mass is 10.1. The van der Waals surface area contributed by atoms with E-state index in [0.717, 1.165) is 41.7 Å². The van der Waals surface area contributed by atoms with E-state index in [1.54, 1.807) is 12.1 Å². The molecule has 0 atom stereocenters. The second-order valence-electron chi connectivity index (χ2n) is 5.26. The quantitative estimate of drug-likeness (QED) is 0.582. The van der Waals surface area contributed by atoms with Crippen LogP contribution in [0.3, 0.4) is 0 Å². The highest BCUT2D eigenvalue weighted by Crippen LogP contribution is 2.11. The highest BCUT2D eigenvalue weighted by molar-refractivity contribution is 7.89. The first kappa shape index (κ1) is 15.6. The molecular weight excluding hydrogens is 314 g/mol. The Morgan fingerprint density at radius 1 is 1.00 bits per heavy atom. The Morgan fingerprint density at radius 3 is 2.43 bits per heavy atom. The second-order valence-corrected chi connectivity index (χ2v) is 6.82. The van der Waals surface area contributed by atoms with E-state index < -0.39 is 10.0 Å². The summed E-state index contributed by atoms with van der Waals surface area (Å²) in [5.41, 5.74) is 3.89. The number of aromatic nitrogens is 3. The maximum atomic E-state index is 11.2. The van der Waals surface area contributed by atoms with Gasteiger partial charge in [0.1, 0.15) is 11.0 Å². The number of aromatic amines is 1. The van der Waals surface area contributed by atoms with Gasteiger partial charge in [-0.25, -0.2) is 13.6 Å². The van der Waals surface area contributed by atoms with Crippen molar-refractivity contribution in [1.29, 1.82) is 0 Å². The fraction of sp³-hybridized carbons (Fsp3) is 0.200. The SMILES string of the molecule is NS(=O)(=O)c1ccc(CCNCc2ccc3n[nH]nc3c2)cc1. The molecule has 0 saturated heterocycles. The van der Waals surface area contributed by atoms with Crippen LogP contribution in [-0.2, 0) is 23.0 Å². The van der Waals surface area contributed by atoms with Crippen molar-refractivity contribution < 1.29 is 8.42 Å². The predicted octanol–water partition coefficient (Wildman–Crippen LogP) is 0.938. The number of nitrogens with two attached hydrogens (primary N) is 1. The molecule has 0 spiro atoms. The Hall–Kier alpha value is -2.29. The molecule has 3 aromatic rings. The largest absolute Gasteiger partial charge is 0.312 e. The third kappa shape index (κ3) is 3.92. The molecule has 0 saturated carbocycles. The molecule has 1 aromatic heterocycles. The summed E-state index contributed by atoms with van der Waals surface area (Å²) in [7, 11) is -3.62. The minimum absolute atomic E-state index is 0.134. The zero-order valence-electron chi connectivity index (χ0n) is 12.4. The van der Waals surface area contributed by atoms with Gasteiger partial charge in [0.15, 0.2) is 0 Å². The number of hydrogen-bond acceptors (Lipinski definition) is 5. The number of fused-ring (bicyclic) bond motifs is 1. The van der Waals surface area contributed by atoms with E-state index in [0.29, 0.717) is 0 Å². The van der Waals surface area contributed by atoms with Crippen LogP contribution in [0.4, 0.5) is 0 Å². The zero-order chi connectivity index (χ0) is 16.3. The second kappa shape index (κ2) is 6.45. The van der Waals surface area contributed by atoms with Gasteiger partial charge in [-0.1, -0.05) is 18.2 Å². The van der Waals surface area contributed by atoms with Gasteiger partial charge >= 0.3 is 0 Å². The van der Waals surface area contributed by atoms with Crippen LogP contribution in [0.2, 0.25) is 0 Å². The molecular formula is C15H17N5O2S. The monoisotopic (exact) mass is 331 g/mol. The molecule has 0 amide bonds. The Labute approximate surface area is 134 Å². The molecule has 1 heterocycles. The van der Waals surface area contributed by atoms with Crippen molar-refractivity contribution in [3.8, 4) is 0 Å². The standard InChI is InChI=1S/C15H17N5O2S/c16-23(21,22)13-4-1-11(2-5-13)7-8-17-10-12-3-6-14-15(9-12)19-20-18-14/h1-6,9,17H,7-8,10H2,(H2,16,21,22)(H,18,19,20). The van der Waals surface area contributed by atoms with Crippen LogP contribution in [0.5, 0.6) is 0 Å². The van der Waals surface area contributed by atoms with Crippen molar-refractivity contribution >= 4 is 21.1 Å². The molecule has 0 aliphatic rings.